The zero-order chi connectivity index (χ0) is 12.8. The molecule has 0 atom stereocenters. The van der Waals surface area contributed by atoms with Gasteiger partial charge in [-0.15, -0.1) is 0 Å². The summed E-state index contributed by atoms with van der Waals surface area (Å²) in [5.41, 5.74) is 6.62. The van der Waals surface area contributed by atoms with Gasteiger partial charge in [0.15, 0.2) is 11.5 Å². The number of benzene rings is 1. The standard InChI is InChI=1S/C14H16N2O2/c1-2-17-13-9-11(10-15)6-7-12(13)18-14-5-3-4-8-16-14/h3-9H,2,10,15H2,1H3. The first kappa shape index (κ1) is 12.4. The van der Waals surface area contributed by atoms with Crippen molar-refractivity contribution in [3.8, 4) is 17.4 Å². The van der Waals surface area contributed by atoms with Gasteiger partial charge >= 0.3 is 0 Å². The first-order chi connectivity index (χ1) is 8.83. The average molecular weight is 244 g/mol. The molecule has 0 bridgehead atoms. The Balaban J connectivity index is 2.26. The topological polar surface area (TPSA) is 57.4 Å². The molecule has 0 aliphatic heterocycles. The largest absolute Gasteiger partial charge is 0.490 e. The van der Waals surface area contributed by atoms with E-state index in [0.29, 0.717) is 30.5 Å². The summed E-state index contributed by atoms with van der Waals surface area (Å²) in [4.78, 5) is 4.12. The van der Waals surface area contributed by atoms with Crippen molar-refractivity contribution in [3.63, 3.8) is 0 Å². The van der Waals surface area contributed by atoms with Gasteiger partial charge in [0.05, 0.1) is 6.61 Å². The molecule has 0 aliphatic rings. The Labute approximate surface area is 106 Å². The fourth-order valence-electron chi connectivity index (χ4n) is 1.55. The Morgan fingerprint density at radius 1 is 1.17 bits per heavy atom. The van der Waals surface area contributed by atoms with E-state index in [-0.39, 0.29) is 0 Å². The van der Waals surface area contributed by atoms with Gasteiger partial charge in [-0.3, -0.25) is 0 Å². The average Bonchev–Trinajstić information content (AvgIpc) is 2.42. The molecule has 0 fully saturated rings. The summed E-state index contributed by atoms with van der Waals surface area (Å²) in [6.45, 7) is 2.98. The van der Waals surface area contributed by atoms with E-state index in [1.165, 1.54) is 0 Å². The van der Waals surface area contributed by atoms with E-state index in [4.69, 9.17) is 15.2 Å². The second-order valence-corrected chi connectivity index (χ2v) is 3.69. The van der Waals surface area contributed by atoms with Crippen molar-refractivity contribution in [2.45, 2.75) is 13.5 Å². The molecular formula is C14H16N2O2. The number of nitrogens with two attached hydrogens (primary N) is 1. The van der Waals surface area contributed by atoms with Crippen LogP contribution in [-0.4, -0.2) is 11.6 Å². The van der Waals surface area contributed by atoms with Crippen LogP contribution in [0.1, 0.15) is 12.5 Å². The number of hydrogen-bond acceptors (Lipinski definition) is 4. The minimum atomic E-state index is 0.476. The molecule has 1 aromatic heterocycles. The van der Waals surface area contributed by atoms with Crippen molar-refractivity contribution in [3.05, 3.63) is 48.2 Å². The molecule has 0 saturated heterocycles. The monoisotopic (exact) mass is 244 g/mol. The molecule has 0 saturated carbocycles. The first-order valence-corrected chi connectivity index (χ1v) is 5.88. The van der Waals surface area contributed by atoms with E-state index in [0.717, 1.165) is 5.56 Å². The molecule has 0 unspecified atom stereocenters. The molecule has 0 amide bonds. The van der Waals surface area contributed by atoms with Gasteiger partial charge in [0, 0.05) is 18.8 Å². The summed E-state index contributed by atoms with van der Waals surface area (Å²) in [6, 6.07) is 11.2. The van der Waals surface area contributed by atoms with E-state index in [1.54, 1.807) is 12.3 Å². The Kier molecular flexibility index (Phi) is 4.15. The van der Waals surface area contributed by atoms with Gasteiger partial charge in [0.2, 0.25) is 5.88 Å². The van der Waals surface area contributed by atoms with E-state index < -0.39 is 0 Å². The van der Waals surface area contributed by atoms with Gasteiger partial charge in [-0.2, -0.15) is 0 Å². The third-order valence-corrected chi connectivity index (χ3v) is 2.40. The number of ether oxygens (including phenoxy) is 2. The second-order valence-electron chi connectivity index (χ2n) is 3.69. The molecule has 0 radical (unpaired) electrons. The third kappa shape index (κ3) is 2.99. The fraction of sp³-hybridized carbons (Fsp3) is 0.214. The van der Waals surface area contributed by atoms with Gasteiger partial charge < -0.3 is 15.2 Å². The van der Waals surface area contributed by atoms with Crippen LogP contribution in [0.4, 0.5) is 0 Å². The number of aromatic nitrogens is 1. The lowest BCUT2D eigenvalue weighted by Crippen LogP contribution is -2.00. The maximum absolute atomic E-state index is 5.68. The Morgan fingerprint density at radius 2 is 2.06 bits per heavy atom. The van der Waals surface area contributed by atoms with Gasteiger partial charge in [0.1, 0.15) is 0 Å². The summed E-state index contributed by atoms with van der Waals surface area (Å²) in [6.07, 6.45) is 1.68. The smallest absolute Gasteiger partial charge is 0.219 e. The van der Waals surface area contributed by atoms with Crippen molar-refractivity contribution in [1.82, 2.24) is 4.98 Å². The lowest BCUT2D eigenvalue weighted by atomic mass is 10.2. The quantitative estimate of drug-likeness (QED) is 0.878. The molecule has 1 aromatic carbocycles. The maximum Gasteiger partial charge on any atom is 0.219 e. The molecule has 0 aliphatic carbocycles. The zero-order valence-corrected chi connectivity index (χ0v) is 10.3. The molecular weight excluding hydrogens is 228 g/mol. The zero-order valence-electron chi connectivity index (χ0n) is 10.3. The van der Waals surface area contributed by atoms with Gasteiger partial charge in [-0.1, -0.05) is 12.1 Å². The second kappa shape index (κ2) is 6.02. The van der Waals surface area contributed by atoms with E-state index in [2.05, 4.69) is 4.98 Å². The van der Waals surface area contributed by atoms with Crippen LogP contribution in [0, 0.1) is 0 Å². The van der Waals surface area contributed by atoms with Crippen molar-refractivity contribution < 1.29 is 9.47 Å². The summed E-state index contributed by atoms with van der Waals surface area (Å²) < 4.78 is 11.2. The van der Waals surface area contributed by atoms with Crippen LogP contribution in [0.25, 0.3) is 0 Å². The molecule has 1 heterocycles. The van der Waals surface area contributed by atoms with E-state index >= 15 is 0 Å². The highest BCUT2D eigenvalue weighted by molar-refractivity contribution is 5.44. The minimum Gasteiger partial charge on any atom is -0.490 e. The molecule has 2 rings (SSSR count). The predicted octanol–water partition coefficient (Wildman–Crippen LogP) is 2.73. The summed E-state index contributed by atoms with van der Waals surface area (Å²) in [7, 11) is 0. The van der Waals surface area contributed by atoms with Crippen molar-refractivity contribution in [2.75, 3.05) is 6.61 Å². The molecule has 4 nitrogen and oxygen atoms in total. The lowest BCUT2D eigenvalue weighted by molar-refractivity contribution is 0.319. The van der Waals surface area contributed by atoms with Crippen LogP contribution in [0.5, 0.6) is 17.4 Å². The minimum absolute atomic E-state index is 0.476. The molecule has 2 aromatic rings. The van der Waals surface area contributed by atoms with Gasteiger partial charge in [0.25, 0.3) is 0 Å². The molecule has 94 valence electrons. The van der Waals surface area contributed by atoms with Crippen LogP contribution in [0.2, 0.25) is 0 Å². The number of hydrogen-bond donors (Lipinski definition) is 1. The molecule has 18 heavy (non-hydrogen) atoms. The van der Waals surface area contributed by atoms with Crippen LogP contribution < -0.4 is 15.2 Å². The fourth-order valence-corrected chi connectivity index (χ4v) is 1.55. The summed E-state index contributed by atoms with van der Waals surface area (Å²) in [5, 5.41) is 0. The molecule has 4 heteroatoms. The Bertz CT molecular complexity index is 500. The molecule has 2 N–H and O–H groups in total. The lowest BCUT2D eigenvalue weighted by Gasteiger charge is -2.12. The number of nitrogens with zero attached hydrogens (tertiary/aromatic N) is 1. The van der Waals surface area contributed by atoms with Gasteiger partial charge in [-0.25, -0.2) is 4.98 Å². The third-order valence-electron chi connectivity index (χ3n) is 2.40. The highest BCUT2D eigenvalue weighted by Crippen LogP contribution is 2.31. The summed E-state index contributed by atoms with van der Waals surface area (Å²) >= 11 is 0. The van der Waals surface area contributed by atoms with Crippen LogP contribution in [0.3, 0.4) is 0 Å². The van der Waals surface area contributed by atoms with Crippen LogP contribution in [-0.2, 0) is 6.54 Å². The normalized spacial score (nSPS) is 10.1. The SMILES string of the molecule is CCOc1cc(CN)ccc1Oc1ccccn1. The molecule has 0 spiro atoms. The number of pyridine rings is 1. The van der Waals surface area contributed by atoms with Gasteiger partial charge in [-0.05, 0) is 30.7 Å². The maximum atomic E-state index is 5.68. The van der Waals surface area contributed by atoms with Crippen molar-refractivity contribution in [2.24, 2.45) is 5.73 Å². The van der Waals surface area contributed by atoms with E-state index in [1.807, 2.05) is 37.3 Å². The van der Waals surface area contributed by atoms with Crippen molar-refractivity contribution in [1.29, 1.82) is 0 Å². The highest BCUT2D eigenvalue weighted by atomic mass is 16.5. The Morgan fingerprint density at radius 3 is 2.72 bits per heavy atom. The van der Waals surface area contributed by atoms with Crippen LogP contribution in [0.15, 0.2) is 42.6 Å². The van der Waals surface area contributed by atoms with Crippen molar-refractivity contribution >= 4 is 0 Å². The summed E-state index contributed by atoms with van der Waals surface area (Å²) in [5.74, 6) is 1.87. The first-order valence-electron chi connectivity index (χ1n) is 5.88. The van der Waals surface area contributed by atoms with E-state index in [9.17, 15) is 0 Å². The highest BCUT2D eigenvalue weighted by Gasteiger charge is 2.07. The van der Waals surface area contributed by atoms with Crippen LogP contribution >= 0.6 is 0 Å². The Hall–Kier alpha value is -2.07. The predicted molar refractivity (Wildman–Crippen MR) is 69.8 cm³/mol. The number of rotatable bonds is 5.